The Labute approximate surface area is 65.2 Å². The Balaban J connectivity index is 0.000000162. The molecule has 10 heavy (non-hydrogen) atoms. The largest absolute Gasteiger partial charge is 0.318 e. The fourth-order valence-electron chi connectivity index (χ4n) is 0.884. The minimum Gasteiger partial charge on any atom is -0.318 e. The van der Waals surface area contributed by atoms with Crippen LogP contribution in [-0.4, -0.2) is 13.1 Å². The van der Waals surface area contributed by atoms with Gasteiger partial charge in [0.2, 0.25) is 0 Å². The second kappa shape index (κ2) is 7.07. The fraction of sp³-hybridized carbons (Fsp3) is 1.00. The molecule has 1 rings (SSSR count). The maximum atomic E-state index is 3.03. The maximum absolute atomic E-state index is 3.03. The summed E-state index contributed by atoms with van der Waals surface area (Å²) in [5.41, 5.74) is 0. The van der Waals surface area contributed by atoms with Crippen LogP contribution in [0.4, 0.5) is 0 Å². The molecule has 1 saturated carbocycles. The summed E-state index contributed by atoms with van der Waals surface area (Å²) in [6.07, 6.45) is 7.50. The normalized spacial score (nSPS) is 16.8. The predicted octanol–water partition coefficient (Wildman–Crippen LogP) is 2.56. The summed E-state index contributed by atoms with van der Waals surface area (Å²) in [5.74, 6) is 0. The van der Waals surface area contributed by atoms with Crippen molar-refractivity contribution in [2.24, 2.45) is 0 Å². The standard InChI is InChI=1S/C5H10.C4H11N/c1-2-4-5-3-1;1-4(2)5-3/h1-5H2;4-5H,1-3H3. The van der Waals surface area contributed by atoms with Crippen LogP contribution in [0.3, 0.4) is 0 Å². The molecular formula is C9H21N. The Morgan fingerprint density at radius 2 is 1.10 bits per heavy atom. The summed E-state index contributed by atoms with van der Waals surface area (Å²) in [6.45, 7) is 4.22. The van der Waals surface area contributed by atoms with Gasteiger partial charge in [-0.05, 0) is 7.05 Å². The molecule has 0 aromatic rings. The van der Waals surface area contributed by atoms with Crippen LogP contribution in [0.5, 0.6) is 0 Å². The topological polar surface area (TPSA) is 12.0 Å². The highest BCUT2D eigenvalue weighted by Crippen LogP contribution is 2.15. The van der Waals surface area contributed by atoms with E-state index >= 15 is 0 Å². The molecule has 1 nitrogen and oxygen atoms in total. The van der Waals surface area contributed by atoms with Crippen molar-refractivity contribution >= 4 is 0 Å². The van der Waals surface area contributed by atoms with Crippen LogP contribution in [0.1, 0.15) is 46.0 Å². The Morgan fingerprint density at radius 3 is 1.20 bits per heavy atom. The van der Waals surface area contributed by atoms with Crippen molar-refractivity contribution in [3.05, 3.63) is 0 Å². The molecule has 0 radical (unpaired) electrons. The van der Waals surface area contributed by atoms with E-state index in [4.69, 9.17) is 0 Å². The third-order valence-corrected chi connectivity index (χ3v) is 1.83. The van der Waals surface area contributed by atoms with Crippen molar-refractivity contribution in [2.45, 2.75) is 52.0 Å². The van der Waals surface area contributed by atoms with Gasteiger partial charge in [0.15, 0.2) is 0 Å². The summed E-state index contributed by atoms with van der Waals surface area (Å²) >= 11 is 0. The quantitative estimate of drug-likeness (QED) is 0.595. The first-order valence-electron chi connectivity index (χ1n) is 4.44. The molecule has 0 aliphatic heterocycles. The summed E-state index contributed by atoms with van der Waals surface area (Å²) in [4.78, 5) is 0. The molecule has 0 atom stereocenters. The smallest absolute Gasteiger partial charge is 0.000733 e. The zero-order valence-electron chi connectivity index (χ0n) is 7.61. The lowest BCUT2D eigenvalue weighted by atomic mass is 10.4. The van der Waals surface area contributed by atoms with Crippen LogP contribution in [0, 0.1) is 0 Å². The highest BCUT2D eigenvalue weighted by molar-refractivity contribution is 4.51. The predicted molar refractivity (Wildman–Crippen MR) is 47.3 cm³/mol. The van der Waals surface area contributed by atoms with Crippen LogP contribution in [0.25, 0.3) is 0 Å². The number of rotatable bonds is 1. The molecule has 0 bridgehead atoms. The van der Waals surface area contributed by atoms with Gasteiger partial charge in [0.1, 0.15) is 0 Å². The Bertz CT molecular complexity index is 48.1. The van der Waals surface area contributed by atoms with Crippen LogP contribution < -0.4 is 5.32 Å². The molecule has 0 spiro atoms. The second-order valence-corrected chi connectivity index (χ2v) is 3.21. The first-order valence-corrected chi connectivity index (χ1v) is 4.44. The van der Waals surface area contributed by atoms with E-state index in [0.29, 0.717) is 6.04 Å². The average Bonchev–Trinajstić information content (AvgIpc) is 2.43. The highest BCUT2D eigenvalue weighted by atomic mass is 14.8. The molecule has 0 heterocycles. The van der Waals surface area contributed by atoms with Crippen LogP contribution in [0.15, 0.2) is 0 Å². The monoisotopic (exact) mass is 143 g/mol. The van der Waals surface area contributed by atoms with Crippen LogP contribution in [0.2, 0.25) is 0 Å². The van der Waals surface area contributed by atoms with E-state index in [2.05, 4.69) is 19.2 Å². The third-order valence-electron chi connectivity index (χ3n) is 1.83. The minimum absolute atomic E-state index is 0.634. The zero-order valence-corrected chi connectivity index (χ0v) is 7.61. The Morgan fingerprint density at radius 1 is 0.900 bits per heavy atom. The van der Waals surface area contributed by atoms with E-state index in [-0.39, 0.29) is 0 Å². The minimum atomic E-state index is 0.634. The van der Waals surface area contributed by atoms with Crippen molar-refractivity contribution in [3.63, 3.8) is 0 Å². The molecule has 0 unspecified atom stereocenters. The maximum Gasteiger partial charge on any atom is 0.000733 e. The lowest BCUT2D eigenvalue weighted by Crippen LogP contribution is -2.15. The number of hydrogen-bond acceptors (Lipinski definition) is 1. The molecule has 1 fully saturated rings. The van der Waals surface area contributed by atoms with Gasteiger partial charge < -0.3 is 5.32 Å². The van der Waals surface area contributed by atoms with Crippen LogP contribution in [-0.2, 0) is 0 Å². The van der Waals surface area contributed by atoms with Crippen molar-refractivity contribution in [1.29, 1.82) is 0 Å². The van der Waals surface area contributed by atoms with E-state index in [1.807, 2.05) is 7.05 Å². The van der Waals surface area contributed by atoms with Crippen molar-refractivity contribution < 1.29 is 0 Å². The summed E-state index contributed by atoms with van der Waals surface area (Å²) < 4.78 is 0. The number of nitrogens with one attached hydrogen (secondary N) is 1. The van der Waals surface area contributed by atoms with Crippen molar-refractivity contribution in [2.75, 3.05) is 7.05 Å². The zero-order chi connectivity index (χ0) is 7.82. The van der Waals surface area contributed by atoms with Gasteiger partial charge in [0, 0.05) is 6.04 Å². The SMILES string of the molecule is C1CCCC1.CNC(C)C. The molecule has 0 saturated heterocycles. The Kier molecular flexibility index (Phi) is 7.04. The van der Waals surface area contributed by atoms with Gasteiger partial charge in [-0.2, -0.15) is 0 Å². The highest BCUT2D eigenvalue weighted by Gasteiger charge is 1.95. The van der Waals surface area contributed by atoms with Crippen molar-refractivity contribution in [1.82, 2.24) is 5.32 Å². The molecule has 1 N–H and O–H groups in total. The Hall–Kier alpha value is -0.0400. The average molecular weight is 143 g/mol. The van der Waals surface area contributed by atoms with Crippen molar-refractivity contribution in [3.8, 4) is 0 Å². The third kappa shape index (κ3) is 7.96. The molecule has 1 heteroatoms. The lowest BCUT2D eigenvalue weighted by molar-refractivity contribution is 0.668. The van der Waals surface area contributed by atoms with Gasteiger partial charge in [-0.1, -0.05) is 46.0 Å². The first-order chi connectivity index (χ1) is 4.77. The van der Waals surface area contributed by atoms with E-state index in [1.54, 1.807) is 0 Å². The molecule has 0 amide bonds. The fourth-order valence-corrected chi connectivity index (χ4v) is 0.884. The van der Waals surface area contributed by atoms with E-state index in [1.165, 1.54) is 32.1 Å². The number of hydrogen-bond donors (Lipinski definition) is 1. The molecule has 62 valence electrons. The van der Waals surface area contributed by atoms with Gasteiger partial charge in [0.25, 0.3) is 0 Å². The summed E-state index contributed by atoms with van der Waals surface area (Å²) in [7, 11) is 1.95. The van der Waals surface area contributed by atoms with Gasteiger partial charge in [-0.3, -0.25) is 0 Å². The summed E-state index contributed by atoms with van der Waals surface area (Å²) in [5, 5.41) is 3.03. The van der Waals surface area contributed by atoms with E-state index in [9.17, 15) is 0 Å². The molecule has 0 aromatic carbocycles. The van der Waals surface area contributed by atoms with Gasteiger partial charge >= 0.3 is 0 Å². The van der Waals surface area contributed by atoms with Gasteiger partial charge in [-0.25, -0.2) is 0 Å². The van der Waals surface area contributed by atoms with E-state index < -0.39 is 0 Å². The lowest BCUT2D eigenvalue weighted by Gasteiger charge is -1.95. The molecular weight excluding hydrogens is 122 g/mol. The molecule has 1 aliphatic rings. The van der Waals surface area contributed by atoms with Gasteiger partial charge in [0.05, 0.1) is 0 Å². The molecule has 0 aromatic heterocycles. The summed E-state index contributed by atoms with van der Waals surface area (Å²) in [6, 6.07) is 0.634. The van der Waals surface area contributed by atoms with Crippen LogP contribution >= 0.6 is 0 Å². The first kappa shape index (κ1) is 9.96. The van der Waals surface area contributed by atoms with E-state index in [0.717, 1.165) is 0 Å². The molecule has 1 aliphatic carbocycles. The van der Waals surface area contributed by atoms with Gasteiger partial charge in [-0.15, -0.1) is 0 Å². The second-order valence-electron chi connectivity index (χ2n) is 3.21.